The highest BCUT2D eigenvalue weighted by Gasteiger charge is 2.39. The van der Waals surface area contributed by atoms with Gasteiger partial charge in [-0.15, -0.1) is 0 Å². The monoisotopic (exact) mass is 395 g/mol. The maximum absolute atomic E-state index is 13.6. The van der Waals surface area contributed by atoms with Crippen LogP contribution in [0.25, 0.3) is 22.0 Å². The van der Waals surface area contributed by atoms with Crippen molar-refractivity contribution in [1.29, 1.82) is 0 Å². The second-order valence-electron chi connectivity index (χ2n) is 7.84. The molecule has 0 radical (unpaired) electrons. The maximum Gasteiger partial charge on any atom is 0.256 e. The topological polar surface area (TPSA) is 99.4 Å². The molecule has 0 bridgehead atoms. The normalized spacial score (nSPS) is 16.5. The fourth-order valence-electron chi connectivity index (χ4n) is 3.73. The van der Waals surface area contributed by atoms with Crippen LogP contribution in [0.3, 0.4) is 0 Å². The Kier molecular flexibility index (Phi) is 4.52. The number of aliphatic hydroxyl groups is 1. The molecule has 6 nitrogen and oxygen atoms in total. The van der Waals surface area contributed by atoms with E-state index in [9.17, 15) is 19.1 Å². The number of rotatable bonds is 3. The van der Waals surface area contributed by atoms with Gasteiger partial charge in [0.15, 0.2) is 0 Å². The Labute approximate surface area is 166 Å². The molecule has 0 spiro atoms. The molecule has 7 heteroatoms. The highest BCUT2D eigenvalue weighted by molar-refractivity contribution is 5.89. The molecule has 1 aliphatic rings. The zero-order valence-electron chi connectivity index (χ0n) is 16.2. The number of β-amino-alcohol motifs (C(OH)–C–C–N with tert-alkyl or cyclic N) is 1. The number of fused-ring (bicyclic) bond motifs is 1. The molecule has 2 aromatic carbocycles. The van der Waals surface area contributed by atoms with Crippen molar-refractivity contribution in [2.45, 2.75) is 25.5 Å². The molecule has 1 fully saturated rings. The van der Waals surface area contributed by atoms with Crippen LogP contribution < -0.4 is 11.3 Å². The van der Waals surface area contributed by atoms with Crippen molar-refractivity contribution in [2.75, 3.05) is 13.1 Å². The Bertz CT molecular complexity index is 1160. The Morgan fingerprint density at radius 1 is 1.21 bits per heavy atom. The Balaban J connectivity index is 1.68. The number of amides is 1. The number of benzene rings is 2. The zero-order chi connectivity index (χ0) is 20.9. The maximum atomic E-state index is 13.6. The standard InChI is InChI=1S/C22H22FN3O3/c1-12-7-15(23)8-18-17(12)9-19(25-20(18)28)13-3-5-14(6-4-13)22(2,24)21(29)26-10-16(27)11-26/h3-9,16,27H,10-11,24H2,1-2H3,(H,25,28). The number of aromatic amines is 1. The molecule has 0 saturated carbocycles. The molecular formula is C22H22FN3O3. The van der Waals surface area contributed by atoms with E-state index in [1.807, 2.05) is 6.07 Å². The van der Waals surface area contributed by atoms with Gasteiger partial charge in [-0.05, 0) is 54.1 Å². The van der Waals surface area contributed by atoms with Crippen LogP contribution in [0.2, 0.25) is 0 Å². The Morgan fingerprint density at radius 2 is 1.86 bits per heavy atom. The van der Waals surface area contributed by atoms with Gasteiger partial charge in [0.05, 0.1) is 11.5 Å². The lowest BCUT2D eigenvalue weighted by atomic mass is 9.89. The van der Waals surface area contributed by atoms with Crippen LogP contribution in [0, 0.1) is 12.7 Å². The number of aryl methyl sites for hydroxylation is 1. The number of pyridine rings is 1. The summed E-state index contributed by atoms with van der Waals surface area (Å²) in [5.74, 6) is -0.688. The minimum absolute atomic E-state index is 0.243. The number of aromatic nitrogens is 1. The van der Waals surface area contributed by atoms with Crippen molar-refractivity contribution < 1.29 is 14.3 Å². The van der Waals surface area contributed by atoms with E-state index in [2.05, 4.69) is 4.98 Å². The van der Waals surface area contributed by atoms with Crippen LogP contribution in [0.5, 0.6) is 0 Å². The summed E-state index contributed by atoms with van der Waals surface area (Å²) in [6.45, 7) is 3.99. The molecule has 29 heavy (non-hydrogen) atoms. The molecule has 1 aliphatic heterocycles. The van der Waals surface area contributed by atoms with Gasteiger partial charge in [-0.1, -0.05) is 24.3 Å². The summed E-state index contributed by atoms with van der Waals surface area (Å²) in [5.41, 5.74) is 7.37. The SMILES string of the molecule is Cc1cc(F)cc2c(=O)[nH]c(-c3ccc(C(C)(N)C(=O)N4CC(O)C4)cc3)cc12. The predicted molar refractivity (Wildman–Crippen MR) is 109 cm³/mol. The van der Waals surface area contributed by atoms with Crippen molar-refractivity contribution in [3.05, 3.63) is 69.8 Å². The number of nitrogens with zero attached hydrogens (tertiary/aromatic N) is 1. The second kappa shape index (κ2) is 6.79. The van der Waals surface area contributed by atoms with Gasteiger partial charge in [0.2, 0.25) is 5.91 Å². The number of halogens is 1. The number of aliphatic hydroxyl groups excluding tert-OH is 1. The van der Waals surface area contributed by atoms with Crippen LogP contribution in [0.1, 0.15) is 18.1 Å². The van der Waals surface area contributed by atoms with Crippen molar-refractivity contribution >= 4 is 16.7 Å². The summed E-state index contributed by atoms with van der Waals surface area (Å²) < 4.78 is 13.6. The fraction of sp³-hybridized carbons (Fsp3) is 0.273. The summed E-state index contributed by atoms with van der Waals surface area (Å²) in [6.07, 6.45) is -0.487. The lowest BCUT2D eigenvalue weighted by Gasteiger charge is -2.40. The molecule has 4 N–H and O–H groups in total. The van der Waals surface area contributed by atoms with Crippen LogP contribution in [-0.4, -0.2) is 40.1 Å². The Morgan fingerprint density at radius 3 is 2.48 bits per heavy atom. The van der Waals surface area contributed by atoms with Gasteiger partial charge < -0.3 is 20.7 Å². The molecule has 1 unspecified atom stereocenters. The van der Waals surface area contributed by atoms with Crippen LogP contribution >= 0.6 is 0 Å². The first kappa shape index (κ1) is 19.3. The van der Waals surface area contributed by atoms with Crippen LogP contribution in [0.4, 0.5) is 4.39 Å². The highest BCUT2D eigenvalue weighted by Crippen LogP contribution is 2.27. The minimum Gasteiger partial charge on any atom is -0.389 e. The zero-order valence-corrected chi connectivity index (χ0v) is 16.2. The number of hydrogen-bond donors (Lipinski definition) is 3. The van der Waals surface area contributed by atoms with E-state index < -0.39 is 17.5 Å². The largest absolute Gasteiger partial charge is 0.389 e. The van der Waals surface area contributed by atoms with Crippen molar-refractivity contribution in [3.63, 3.8) is 0 Å². The summed E-state index contributed by atoms with van der Waals surface area (Å²) >= 11 is 0. The molecule has 0 aliphatic carbocycles. The average Bonchev–Trinajstić information content (AvgIpc) is 2.65. The third-order valence-corrected chi connectivity index (χ3v) is 5.52. The number of hydrogen-bond acceptors (Lipinski definition) is 4. The highest BCUT2D eigenvalue weighted by atomic mass is 19.1. The van der Waals surface area contributed by atoms with E-state index in [4.69, 9.17) is 5.73 Å². The quantitative estimate of drug-likeness (QED) is 0.632. The van der Waals surface area contributed by atoms with Gasteiger partial charge in [0.1, 0.15) is 11.4 Å². The van der Waals surface area contributed by atoms with Gasteiger partial charge in [-0.3, -0.25) is 9.59 Å². The molecule has 1 saturated heterocycles. The van der Waals surface area contributed by atoms with E-state index in [0.717, 1.165) is 5.56 Å². The minimum atomic E-state index is -1.22. The lowest BCUT2D eigenvalue weighted by Crippen LogP contribution is -2.60. The summed E-state index contributed by atoms with van der Waals surface area (Å²) in [5, 5.41) is 10.4. The van der Waals surface area contributed by atoms with Gasteiger partial charge in [0, 0.05) is 18.8 Å². The summed E-state index contributed by atoms with van der Waals surface area (Å²) in [4.78, 5) is 29.4. The third kappa shape index (κ3) is 3.32. The van der Waals surface area contributed by atoms with Gasteiger partial charge in [-0.2, -0.15) is 0 Å². The van der Waals surface area contributed by atoms with Crippen molar-refractivity contribution in [3.8, 4) is 11.3 Å². The molecule has 1 aromatic heterocycles. The van der Waals surface area contributed by atoms with Gasteiger partial charge in [0.25, 0.3) is 5.56 Å². The number of carbonyl (C=O) groups excluding carboxylic acids is 1. The second-order valence-corrected chi connectivity index (χ2v) is 7.84. The van der Waals surface area contributed by atoms with Crippen LogP contribution in [0.15, 0.2) is 47.3 Å². The number of nitrogens with two attached hydrogens (primary N) is 1. The summed E-state index contributed by atoms with van der Waals surface area (Å²) in [7, 11) is 0. The van der Waals surface area contributed by atoms with Gasteiger partial charge >= 0.3 is 0 Å². The predicted octanol–water partition coefficient (Wildman–Crippen LogP) is 2.02. The molecule has 1 amide bonds. The fourth-order valence-corrected chi connectivity index (χ4v) is 3.73. The van der Waals surface area contributed by atoms with Crippen molar-refractivity contribution in [2.24, 2.45) is 5.73 Å². The average molecular weight is 395 g/mol. The van der Waals surface area contributed by atoms with Crippen molar-refractivity contribution in [1.82, 2.24) is 9.88 Å². The molecule has 4 rings (SSSR count). The number of likely N-dealkylation sites (tertiary alicyclic amines) is 1. The van der Waals surface area contributed by atoms with Crippen LogP contribution in [-0.2, 0) is 10.3 Å². The smallest absolute Gasteiger partial charge is 0.256 e. The van der Waals surface area contributed by atoms with E-state index in [0.29, 0.717) is 40.7 Å². The van der Waals surface area contributed by atoms with E-state index >= 15 is 0 Å². The molecule has 2 heterocycles. The first-order valence-corrected chi connectivity index (χ1v) is 9.37. The molecular weight excluding hydrogens is 373 g/mol. The molecule has 150 valence electrons. The number of carbonyl (C=O) groups is 1. The first-order chi connectivity index (χ1) is 13.7. The summed E-state index contributed by atoms with van der Waals surface area (Å²) in [6, 6.07) is 11.5. The first-order valence-electron chi connectivity index (χ1n) is 9.37. The number of H-pyrrole nitrogens is 1. The Hall–Kier alpha value is -3.03. The molecule has 1 atom stereocenters. The van der Waals surface area contributed by atoms with E-state index in [1.165, 1.54) is 17.0 Å². The lowest BCUT2D eigenvalue weighted by molar-refractivity contribution is -0.147. The van der Waals surface area contributed by atoms with E-state index in [1.54, 1.807) is 38.1 Å². The van der Waals surface area contributed by atoms with E-state index in [-0.39, 0.29) is 11.5 Å². The van der Waals surface area contributed by atoms with Gasteiger partial charge in [-0.25, -0.2) is 4.39 Å². The number of nitrogens with one attached hydrogen (secondary N) is 1. The third-order valence-electron chi connectivity index (χ3n) is 5.52. The molecule has 3 aromatic rings.